The highest BCUT2D eigenvalue weighted by molar-refractivity contribution is 5.20. The second-order valence-electron chi connectivity index (χ2n) is 5.68. The Morgan fingerprint density at radius 1 is 1.28 bits per heavy atom. The predicted octanol–water partition coefficient (Wildman–Crippen LogP) is 2.01. The van der Waals surface area contributed by atoms with Gasteiger partial charge in [0, 0.05) is 30.7 Å². The van der Waals surface area contributed by atoms with Crippen LogP contribution in [-0.2, 0) is 6.54 Å². The predicted molar refractivity (Wildman–Crippen MR) is 70.4 cm³/mol. The van der Waals surface area contributed by atoms with E-state index < -0.39 is 0 Å². The maximum Gasteiger partial charge on any atom is 0.138 e. The Hall–Kier alpha value is -0.870. The molecule has 100 valence electrons. The molecule has 4 nitrogen and oxygen atoms in total. The van der Waals surface area contributed by atoms with Crippen molar-refractivity contribution in [2.45, 2.75) is 58.2 Å². The molecule has 0 aliphatic carbocycles. The second kappa shape index (κ2) is 5.02. The Bertz CT molecular complexity index is 396. The molecule has 4 heteroatoms. The van der Waals surface area contributed by atoms with Crippen molar-refractivity contribution in [3.05, 3.63) is 17.0 Å². The normalized spacial score (nSPS) is 28.6. The molecule has 0 amide bonds. The molecule has 1 N–H and O–H groups in total. The molecule has 1 aromatic rings. The average molecular weight is 249 g/mol. The lowest BCUT2D eigenvalue weighted by Crippen LogP contribution is -2.44. The minimum absolute atomic E-state index is 0.652. The van der Waals surface area contributed by atoms with Gasteiger partial charge < -0.3 is 9.84 Å². The molecule has 0 spiro atoms. The standard InChI is InChI=1S/C14H23N3O/c1-10-12(11(2)18-16-10)9-15-13-6-8-17-7-4-3-5-14(13)17/h13-15H,3-9H2,1-2H3. The van der Waals surface area contributed by atoms with Gasteiger partial charge in [0.25, 0.3) is 0 Å². The van der Waals surface area contributed by atoms with E-state index in [1.54, 1.807) is 0 Å². The van der Waals surface area contributed by atoms with Gasteiger partial charge in [0.2, 0.25) is 0 Å². The molecule has 2 unspecified atom stereocenters. The van der Waals surface area contributed by atoms with Crippen LogP contribution < -0.4 is 5.32 Å². The lowest BCUT2D eigenvalue weighted by atomic mass is 9.99. The molecule has 2 saturated heterocycles. The summed E-state index contributed by atoms with van der Waals surface area (Å²) in [7, 11) is 0. The van der Waals surface area contributed by atoms with E-state index in [-0.39, 0.29) is 0 Å². The van der Waals surface area contributed by atoms with E-state index in [2.05, 4.69) is 15.4 Å². The first kappa shape index (κ1) is 12.2. The number of aryl methyl sites for hydroxylation is 2. The zero-order valence-electron chi connectivity index (χ0n) is 11.4. The number of aromatic nitrogens is 1. The Kier molecular flexibility index (Phi) is 3.39. The topological polar surface area (TPSA) is 41.3 Å². The number of rotatable bonds is 3. The van der Waals surface area contributed by atoms with Crippen LogP contribution >= 0.6 is 0 Å². The highest BCUT2D eigenvalue weighted by Crippen LogP contribution is 2.27. The molecule has 3 rings (SSSR count). The number of nitrogens with one attached hydrogen (secondary N) is 1. The quantitative estimate of drug-likeness (QED) is 0.889. The molecular weight excluding hydrogens is 226 g/mol. The fourth-order valence-corrected chi connectivity index (χ4v) is 3.47. The van der Waals surface area contributed by atoms with E-state index in [0.29, 0.717) is 6.04 Å². The van der Waals surface area contributed by atoms with Crippen LogP contribution in [-0.4, -0.2) is 35.2 Å². The minimum atomic E-state index is 0.652. The molecule has 0 radical (unpaired) electrons. The van der Waals surface area contributed by atoms with Crippen molar-refractivity contribution in [3.8, 4) is 0 Å². The third-order valence-electron chi connectivity index (χ3n) is 4.58. The molecule has 0 bridgehead atoms. The summed E-state index contributed by atoms with van der Waals surface area (Å²) in [5, 5.41) is 7.74. The first-order chi connectivity index (χ1) is 8.75. The van der Waals surface area contributed by atoms with E-state index in [9.17, 15) is 0 Å². The van der Waals surface area contributed by atoms with Crippen molar-refractivity contribution >= 4 is 0 Å². The van der Waals surface area contributed by atoms with E-state index in [0.717, 1.165) is 24.0 Å². The highest BCUT2D eigenvalue weighted by atomic mass is 16.5. The molecule has 2 aliphatic rings. The molecule has 0 aromatic carbocycles. The summed E-state index contributed by atoms with van der Waals surface area (Å²) in [6.45, 7) is 7.49. The Balaban J connectivity index is 1.60. The van der Waals surface area contributed by atoms with Crippen LogP contribution in [0.15, 0.2) is 4.52 Å². The van der Waals surface area contributed by atoms with E-state index in [1.165, 1.54) is 44.3 Å². The molecule has 1 aromatic heterocycles. The van der Waals surface area contributed by atoms with Crippen molar-refractivity contribution in [3.63, 3.8) is 0 Å². The SMILES string of the molecule is Cc1noc(C)c1CNC1CCN2CCCCC12. The maximum absolute atomic E-state index is 5.22. The summed E-state index contributed by atoms with van der Waals surface area (Å²) in [5.74, 6) is 0.957. The van der Waals surface area contributed by atoms with Crippen molar-refractivity contribution in [1.82, 2.24) is 15.4 Å². The van der Waals surface area contributed by atoms with Gasteiger partial charge in [-0.25, -0.2) is 0 Å². The highest BCUT2D eigenvalue weighted by Gasteiger charge is 2.35. The van der Waals surface area contributed by atoms with E-state index in [1.807, 2.05) is 13.8 Å². The lowest BCUT2D eigenvalue weighted by Gasteiger charge is -2.32. The van der Waals surface area contributed by atoms with Crippen LogP contribution in [0.25, 0.3) is 0 Å². The van der Waals surface area contributed by atoms with Gasteiger partial charge in [0.15, 0.2) is 0 Å². The number of hydrogen-bond acceptors (Lipinski definition) is 4. The second-order valence-corrected chi connectivity index (χ2v) is 5.68. The number of fused-ring (bicyclic) bond motifs is 1. The summed E-state index contributed by atoms with van der Waals surface area (Å²) < 4.78 is 5.22. The zero-order chi connectivity index (χ0) is 12.5. The number of nitrogens with zero attached hydrogens (tertiary/aromatic N) is 2. The Labute approximate surface area is 109 Å². The number of piperidine rings is 1. The first-order valence-electron chi connectivity index (χ1n) is 7.15. The van der Waals surface area contributed by atoms with Gasteiger partial charge >= 0.3 is 0 Å². The molecule has 2 aliphatic heterocycles. The molecule has 3 heterocycles. The lowest BCUT2D eigenvalue weighted by molar-refractivity contribution is 0.180. The van der Waals surface area contributed by atoms with Crippen molar-refractivity contribution < 1.29 is 4.52 Å². The molecule has 2 atom stereocenters. The van der Waals surface area contributed by atoms with Gasteiger partial charge in [-0.15, -0.1) is 0 Å². The van der Waals surface area contributed by atoms with E-state index >= 15 is 0 Å². The first-order valence-corrected chi connectivity index (χ1v) is 7.15. The van der Waals surface area contributed by atoms with Gasteiger partial charge in [0.05, 0.1) is 5.69 Å². The van der Waals surface area contributed by atoms with Crippen LogP contribution in [0.4, 0.5) is 0 Å². The molecular formula is C14H23N3O. The van der Waals surface area contributed by atoms with Gasteiger partial charge in [-0.1, -0.05) is 11.6 Å². The Morgan fingerprint density at radius 3 is 2.94 bits per heavy atom. The summed E-state index contributed by atoms with van der Waals surface area (Å²) in [5.41, 5.74) is 2.27. The number of hydrogen-bond donors (Lipinski definition) is 1. The van der Waals surface area contributed by atoms with Crippen molar-refractivity contribution in [2.24, 2.45) is 0 Å². The van der Waals surface area contributed by atoms with Crippen LogP contribution in [0.1, 0.15) is 42.7 Å². The maximum atomic E-state index is 5.22. The smallest absolute Gasteiger partial charge is 0.138 e. The van der Waals surface area contributed by atoms with Crippen LogP contribution in [0, 0.1) is 13.8 Å². The van der Waals surface area contributed by atoms with E-state index in [4.69, 9.17) is 4.52 Å². The van der Waals surface area contributed by atoms with Crippen LogP contribution in [0.5, 0.6) is 0 Å². The summed E-state index contributed by atoms with van der Waals surface area (Å²) in [6, 6.07) is 1.42. The van der Waals surface area contributed by atoms with Crippen molar-refractivity contribution in [1.29, 1.82) is 0 Å². The van der Waals surface area contributed by atoms with Crippen LogP contribution in [0.3, 0.4) is 0 Å². The summed E-state index contributed by atoms with van der Waals surface area (Å²) in [4.78, 5) is 2.66. The van der Waals surface area contributed by atoms with Crippen LogP contribution in [0.2, 0.25) is 0 Å². The zero-order valence-corrected chi connectivity index (χ0v) is 11.4. The molecule has 0 saturated carbocycles. The summed E-state index contributed by atoms with van der Waals surface area (Å²) in [6.07, 6.45) is 5.42. The largest absolute Gasteiger partial charge is 0.361 e. The Morgan fingerprint density at radius 2 is 2.17 bits per heavy atom. The van der Waals surface area contributed by atoms with Gasteiger partial charge in [-0.2, -0.15) is 0 Å². The monoisotopic (exact) mass is 249 g/mol. The third-order valence-corrected chi connectivity index (χ3v) is 4.58. The summed E-state index contributed by atoms with van der Waals surface area (Å²) >= 11 is 0. The third kappa shape index (κ3) is 2.19. The molecule has 18 heavy (non-hydrogen) atoms. The van der Waals surface area contributed by atoms with Gasteiger partial charge in [0.1, 0.15) is 5.76 Å². The molecule has 2 fully saturated rings. The van der Waals surface area contributed by atoms with Gasteiger partial charge in [-0.3, -0.25) is 4.90 Å². The fraction of sp³-hybridized carbons (Fsp3) is 0.786. The van der Waals surface area contributed by atoms with Crippen molar-refractivity contribution in [2.75, 3.05) is 13.1 Å². The van der Waals surface area contributed by atoms with Gasteiger partial charge in [-0.05, 0) is 39.7 Å². The fourth-order valence-electron chi connectivity index (χ4n) is 3.47. The minimum Gasteiger partial charge on any atom is -0.361 e. The average Bonchev–Trinajstić information content (AvgIpc) is 2.93.